The first-order valence-electron chi connectivity index (χ1n) is 12.3. The molecule has 0 saturated carbocycles. The van der Waals surface area contributed by atoms with Gasteiger partial charge in [-0.25, -0.2) is 4.98 Å². The molecule has 1 aromatic heterocycles. The number of rotatable bonds is 6. The van der Waals surface area contributed by atoms with Crippen molar-refractivity contribution >= 4 is 11.4 Å². The fraction of sp³-hybridized carbons (Fsp3) is 0.517. The number of nitrogens with zero attached hydrogens (tertiary/aromatic N) is 2. The zero-order valence-electron chi connectivity index (χ0n) is 20.6. The molecule has 1 N–H and O–H groups in total. The number of carbonyl (C=O) groups excluding carboxylic acids is 1. The summed E-state index contributed by atoms with van der Waals surface area (Å²) in [4.78, 5) is 22.8. The van der Waals surface area contributed by atoms with E-state index in [9.17, 15) is 4.79 Å². The van der Waals surface area contributed by atoms with Gasteiger partial charge in [-0.2, -0.15) is 0 Å². The van der Waals surface area contributed by atoms with Crippen LogP contribution in [0, 0.1) is 17.8 Å². The third kappa shape index (κ3) is 5.14. The normalized spacial score (nSPS) is 19.1. The molecule has 0 amide bonds. The lowest BCUT2D eigenvalue weighted by molar-refractivity contribution is 0.0943. The zero-order chi connectivity index (χ0) is 23.6. The second-order valence-corrected chi connectivity index (χ2v) is 11.0. The third-order valence-electron chi connectivity index (χ3n) is 7.63. The van der Waals surface area contributed by atoms with E-state index >= 15 is 0 Å². The van der Waals surface area contributed by atoms with E-state index in [2.05, 4.69) is 72.8 Å². The predicted molar refractivity (Wildman–Crippen MR) is 135 cm³/mol. The highest BCUT2D eigenvalue weighted by Crippen LogP contribution is 2.40. The number of terminal acetylenes is 1. The number of likely N-dealkylation sites (tertiary alicyclic amines) is 1. The van der Waals surface area contributed by atoms with Gasteiger partial charge < -0.3 is 4.98 Å². The molecule has 33 heavy (non-hydrogen) atoms. The lowest BCUT2D eigenvalue weighted by atomic mass is 9.75. The Hall–Kier alpha value is -2.64. The molecule has 4 nitrogen and oxygen atoms in total. The van der Waals surface area contributed by atoms with E-state index in [1.807, 2.05) is 0 Å². The molecule has 1 fully saturated rings. The molecule has 1 saturated heterocycles. The van der Waals surface area contributed by atoms with Crippen LogP contribution in [-0.2, 0) is 12.0 Å². The first-order chi connectivity index (χ1) is 15.7. The summed E-state index contributed by atoms with van der Waals surface area (Å²) in [5, 5.41) is 0. The molecular weight excluding hydrogens is 406 g/mol. The molecule has 2 aromatic rings. The van der Waals surface area contributed by atoms with Gasteiger partial charge in [-0.1, -0.05) is 44.4 Å². The summed E-state index contributed by atoms with van der Waals surface area (Å²) in [6.07, 6.45) is 16.8. The van der Waals surface area contributed by atoms with Gasteiger partial charge in [-0.05, 0) is 92.8 Å². The average Bonchev–Trinajstić information content (AvgIpc) is 3.30. The Morgan fingerprint density at radius 1 is 1.24 bits per heavy atom. The zero-order valence-corrected chi connectivity index (χ0v) is 20.6. The summed E-state index contributed by atoms with van der Waals surface area (Å²) >= 11 is 0. The fourth-order valence-electron chi connectivity index (χ4n) is 5.16. The predicted octanol–water partition coefficient (Wildman–Crippen LogP) is 6.13. The monoisotopic (exact) mass is 443 g/mol. The number of H-pyrrole nitrogens is 1. The van der Waals surface area contributed by atoms with Crippen LogP contribution in [0.2, 0.25) is 0 Å². The van der Waals surface area contributed by atoms with Crippen molar-refractivity contribution in [3.63, 3.8) is 0 Å². The van der Waals surface area contributed by atoms with Crippen molar-refractivity contribution in [2.75, 3.05) is 13.1 Å². The summed E-state index contributed by atoms with van der Waals surface area (Å²) in [5.74, 6) is 2.82. The van der Waals surface area contributed by atoms with Crippen LogP contribution in [0.15, 0.2) is 30.5 Å². The number of hydrogen-bond donors (Lipinski definition) is 1. The number of benzene rings is 1. The van der Waals surface area contributed by atoms with Crippen molar-refractivity contribution in [3.8, 4) is 12.3 Å². The Morgan fingerprint density at radius 2 is 2.00 bits per heavy atom. The minimum Gasteiger partial charge on any atom is -0.329 e. The van der Waals surface area contributed by atoms with Crippen LogP contribution in [0.25, 0.3) is 5.57 Å². The molecule has 1 aromatic carbocycles. The Kier molecular flexibility index (Phi) is 6.64. The molecule has 4 heteroatoms. The van der Waals surface area contributed by atoms with Gasteiger partial charge in [0.25, 0.3) is 0 Å². The molecule has 0 unspecified atom stereocenters. The maximum Gasteiger partial charge on any atom is 0.202 e. The lowest BCUT2D eigenvalue weighted by Gasteiger charge is -2.42. The standard InChI is InChI=1S/C29H37N3O/c1-6-24-20-30-27(31-24)26(33)18-22-10-11-23(29(4,5)32-16-8-7-9-17-32)19-25(22)21-12-14-28(2,3)15-13-21/h1,10-12,19-20H,7-9,13-18H2,2-5H3,(H,30,31). The number of imidazole rings is 1. The number of Topliss-reactive ketones (excluding diaryl/α,β-unsaturated/α-hetero) is 1. The van der Waals surface area contributed by atoms with Gasteiger partial charge in [0, 0.05) is 12.0 Å². The highest BCUT2D eigenvalue weighted by molar-refractivity contribution is 5.95. The van der Waals surface area contributed by atoms with E-state index in [1.165, 1.54) is 36.0 Å². The third-order valence-corrected chi connectivity index (χ3v) is 7.63. The SMILES string of the molecule is C#Cc1cnc(C(=O)Cc2ccc(C(C)(C)N3CCCCC3)cc2C2=CCC(C)(C)CC2)[nH]1. The molecule has 4 rings (SSSR count). The number of piperidine rings is 1. The second-order valence-electron chi connectivity index (χ2n) is 11.0. The van der Waals surface area contributed by atoms with E-state index in [1.54, 1.807) is 6.20 Å². The van der Waals surface area contributed by atoms with Gasteiger partial charge in [0.2, 0.25) is 5.78 Å². The van der Waals surface area contributed by atoms with E-state index in [0.29, 0.717) is 23.4 Å². The van der Waals surface area contributed by atoms with Crippen molar-refractivity contribution in [1.29, 1.82) is 0 Å². The molecular formula is C29H37N3O. The molecule has 0 radical (unpaired) electrons. The first kappa shape index (κ1) is 23.5. The molecule has 0 spiro atoms. The van der Waals surface area contributed by atoms with Crippen molar-refractivity contribution < 1.29 is 4.79 Å². The van der Waals surface area contributed by atoms with Gasteiger partial charge in [-0.15, -0.1) is 6.42 Å². The Labute approximate surface area is 198 Å². The topological polar surface area (TPSA) is 49.0 Å². The molecule has 2 aliphatic rings. The van der Waals surface area contributed by atoms with Crippen molar-refractivity contribution in [3.05, 3.63) is 58.7 Å². The smallest absolute Gasteiger partial charge is 0.202 e. The number of allylic oxidation sites excluding steroid dienone is 2. The van der Waals surface area contributed by atoms with Crippen LogP contribution in [0.5, 0.6) is 0 Å². The van der Waals surface area contributed by atoms with Crippen LogP contribution < -0.4 is 0 Å². The minimum absolute atomic E-state index is 0.0301. The lowest BCUT2D eigenvalue weighted by Crippen LogP contribution is -2.44. The molecule has 174 valence electrons. The number of hydrogen-bond acceptors (Lipinski definition) is 3. The quantitative estimate of drug-likeness (QED) is 0.431. The van der Waals surface area contributed by atoms with Gasteiger partial charge in [-0.3, -0.25) is 9.69 Å². The summed E-state index contributed by atoms with van der Waals surface area (Å²) in [5.41, 5.74) is 5.84. The van der Waals surface area contributed by atoms with Crippen LogP contribution in [0.1, 0.15) is 99.2 Å². The maximum absolute atomic E-state index is 13.0. The van der Waals surface area contributed by atoms with Crippen LogP contribution in [0.3, 0.4) is 0 Å². The van der Waals surface area contributed by atoms with Gasteiger partial charge in [0.05, 0.1) is 6.20 Å². The molecule has 0 bridgehead atoms. The van der Waals surface area contributed by atoms with Crippen molar-refractivity contribution in [1.82, 2.24) is 14.9 Å². The fourth-order valence-corrected chi connectivity index (χ4v) is 5.16. The number of aromatic amines is 1. The number of nitrogens with one attached hydrogen (secondary N) is 1. The first-order valence-corrected chi connectivity index (χ1v) is 12.3. The van der Waals surface area contributed by atoms with Gasteiger partial charge >= 0.3 is 0 Å². The van der Waals surface area contributed by atoms with Crippen LogP contribution >= 0.6 is 0 Å². The Bertz CT molecular complexity index is 1090. The molecule has 0 atom stereocenters. The largest absolute Gasteiger partial charge is 0.329 e. The summed E-state index contributed by atoms with van der Waals surface area (Å²) in [7, 11) is 0. The molecule has 1 aliphatic carbocycles. The maximum atomic E-state index is 13.0. The summed E-state index contributed by atoms with van der Waals surface area (Å²) in [6, 6.07) is 6.75. The van der Waals surface area contributed by atoms with E-state index < -0.39 is 0 Å². The molecule has 1 aliphatic heterocycles. The highest BCUT2D eigenvalue weighted by atomic mass is 16.1. The van der Waals surface area contributed by atoms with Crippen molar-refractivity contribution in [2.45, 2.75) is 78.2 Å². The van der Waals surface area contributed by atoms with E-state index in [0.717, 1.165) is 37.9 Å². The Morgan fingerprint density at radius 3 is 2.64 bits per heavy atom. The second kappa shape index (κ2) is 9.31. The Balaban J connectivity index is 1.69. The minimum atomic E-state index is -0.0328. The van der Waals surface area contributed by atoms with Gasteiger partial charge in [0.15, 0.2) is 5.82 Å². The number of carbonyl (C=O) groups is 1. The van der Waals surface area contributed by atoms with Crippen LogP contribution in [-0.4, -0.2) is 33.7 Å². The van der Waals surface area contributed by atoms with Gasteiger partial charge in [0.1, 0.15) is 5.69 Å². The number of aromatic nitrogens is 2. The summed E-state index contributed by atoms with van der Waals surface area (Å²) < 4.78 is 0. The summed E-state index contributed by atoms with van der Waals surface area (Å²) in [6.45, 7) is 11.6. The highest BCUT2D eigenvalue weighted by Gasteiger charge is 2.31. The molecule has 2 heterocycles. The average molecular weight is 444 g/mol. The van der Waals surface area contributed by atoms with Crippen LogP contribution in [0.4, 0.5) is 0 Å². The van der Waals surface area contributed by atoms with E-state index in [-0.39, 0.29) is 11.3 Å². The number of ketones is 1. The van der Waals surface area contributed by atoms with E-state index in [4.69, 9.17) is 6.42 Å². The van der Waals surface area contributed by atoms with Crippen molar-refractivity contribution in [2.24, 2.45) is 5.41 Å².